The summed E-state index contributed by atoms with van der Waals surface area (Å²) < 4.78 is 5.34. The first kappa shape index (κ1) is 15.4. The van der Waals surface area contributed by atoms with Crippen LogP contribution in [-0.2, 0) is 9.53 Å². The van der Waals surface area contributed by atoms with E-state index in [0.717, 1.165) is 38.5 Å². The number of carbonyl (C=O) groups is 2. The normalized spacial score (nSPS) is 36.1. The van der Waals surface area contributed by atoms with Gasteiger partial charge in [0.2, 0.25) is 0 Å². The third-order valence-electron chi connectivity index (χ3n) is 5.39. The molecule has 5 nitrogen and oxygen atoms in total. The SMILES string of the molecule is C=CCCCC1C[C@H]1OC(=O)NC(C(=O)O)[C@H]1C[C@@H]2C[C@@H]2C1. The second kappa shape index (κ2) is 6.31. The molecular weight excluding hydrogens is 282 g/mol. The number of hydrogen-bond donors (Lipinski definition) is 2. The van der Waals surface area contributed by atoms with Crippen LogP contribution in [0.25, 0.3) is 0 Å². The first-order valence-electron chi connectivity index (χ1n) is 8.39. The molecule has 6 atom stereocenters. The standard InChI is InChI=1S/C17H25NO4/c1-2-3-4-5-10-9-14(10)22-17(21)18-15(16(19)20)13-7-11-6-12(11)8-13/h2,10-15H,1,3-9H2,(H,18,21)(H,19,20)/t10?,11-,12+,13-,14-,15?/m1/s1. The number of alkyl carbamates (subject to hydrolysis) is 1. The van der Waals surface area contributed by atoms with Gasteiger partial charge in [0.1, 0.15) is 12.1 Å². The molecule has 0 aromatic rings. The van der Waals surface area contributed by atoms with Gasteiger partial charge in [-0.3, -0.25) is 0 Å². The number of allylic oxidation sites excluding steroid dienone is 1. The van der Waals surface area contributed by atoms with E-state index in [4.69, 9.17) is 4.74 Å². The number of carbonyl (C=O) groups excluding carboxylic acids is 1. The molecule has 1 amide bonds. The topological polar surface area (TPSA) is 75.6 Å². The van der Waals surface area contributed by atoms with Gasteiger partial charge in [0, 0.05) is 0 Å². The van der Waals surface area contributed by atoms with Crippen molar-refractivity contribution in [2.24, 2.45) is 23.7 Å². The first-order chi connectivity index (χ1) is 10.6. The van der Waals surface area contributed by atoms with Gasteiger partial charge in [-0.2, -0.15) is 0 Å². The highest BCUT2D eigenvalue weighted by atomic mass is 16.6. The summed E-state index contributed by atoms with van der Waals surface area (Å²) >= 11 is 0. The summed E-state index contributed by atoms with van der Waals surface area (Å²) in [4.78, 5) is 23.3. The highest BCUT2D eigenvalue weighted by Crippen LogP contribution is 2.55. The van der Waals surface area contributed by atoms with E-state index in [0.29, 0.717) is 17.8 Å². The molecule has 0 radical (unpaired) electrons. The lowest BCUT2D eigenvalue weighted by atomic mass is 9.94. The minimum atomic E-state index is -0.943. The fourth-order valence-corrected chi connectivity index (χ4v) is 3.91. The zero-order valence-corrected chi connectivity index (χ0v) is 12.9. The van der Waals surface area contributed by atoms with Gasteiger partial charge in [0.15, 0.2) is 0 Å². The van der Waals surface area contributed by atoms with Crippen molar-refractivity contribution in [3.05, 3.63) is 12.7 Å². The predicted molar refractivity (Wildman–Crippen MR) is 81.3 cm³/mol. The van der Waals surface area contributed by atoms with Gasteiger partial charge in [-0.1, -0.05) is 6.08 Å². The number of ether oxygens (including phenoxy) is 1. The van der Waals surface area contributed by atoms with E-state index in [9.17, 15) is 14.7 Å². The Bertz CT molecular complexity index is 454. The van der Waals surface area contributed by atoms with Crippen LogP contribution in [0.2, 0.25) is 0 Å². The molecule has 122 valence electrons. The number of carboxylic acids is 1. The Morgan fingerprint density at radius 2 is 2.00 bits per heavy atom. The Morgan fingerprint density at radius 3 is 2.64 bits per heavy atom. The van der Waals surface area contributed by atoms with Gasteiger partial charge in [-0.05, 0) is 68.6 Å². The molecule has 0 aromatic carbocycles. The fourth-order valence-electron chi connectivity index (χ4n) is 3.91. The van der Waals surface area contributed by atoms with Gasteiger partial charge in [-0.25, -0.2) is 9.59 Å². The molecule has 0 bridgehead atoms. The van der Waals surface area contributed by atoms with E-state index in [1.54, 1.807) is 0 Å². The number of unbranched alkanes of at least 4 members (excludes halogenated alkanes) is 1. The molecule has 3 saturated carbocycles. The van der Waals surface area contributed by atoms with Crippen LogP contribution < -0.4 is 5.32 Å². The fraction of sp³-hybridized carbons (Fsp3) is 0.765. The summed E-state index contributed by atoms with van der Waals surface area (Å²) in [5.41, 5.74) is 0. The average Bonchev–Trinajstić information content (AvgIpc) is 3.35. The van der Waals surface area contributed by atoms with Crippen molar-refractivity contribution in [3.8, 4) is 0 Å². The third-order valence-corrected chi connectivity index (χ3v) is 5.39. The van der Waals surface area contributed by atoms with Gasteiger partial charge in [-0.15, -0.1) is 6.58 Å². The van der Waals surface area contributed by atoms with Gasteiger partial charge < -0.3 is 15.2 Å². The second-order valence-electron chi connectivity index (χ2n) is 7.11. The highest BCUT2D eigenvalue weighted by molar-refractivity contribution is 5.80. The molecule has 3 aliphatic carbocycles. The maximum Gasteiger partial charge on any atom is 0.408 e. The van der Waals surface area contributed by atoms with E-state index < -0.39 is 18.1 Å². The molecule has 3 fully saturated rings. The minimum absolute atomic E-state index is 0.0313. The molecule has 3 aliphatic rings. The van der Waals surface area contributed by atoms with Crippen molar-refractivity contribution in [1.82, 2.24) is 5.32 Å². The first-order valence-corrected chi connectivity index (χ1v) is 8.39. The van der Waals surface area contributed by atoms with Crippen LogP contribution in [0.4, 0.5) is 4.79 Å². The predicted octanol–water partition coefficient (Wildman–Crippen LogP) is 2.96. The van der Waals surface area contributed by atoms with E-state index in [-0.39, 0.29) is 12.0 Å². The number of amides is 1. The maximum atomic E-state index is 11.9. The van der Waals surface area contributed by atoms with E-state index >= 15 is 0 Å². The lowest BCUT2D eigenvalue weighted by molar-refractivity contribution is -0.140. The quantitative estimate of drug-likeness (QED) is 0.534. The van der Waals surface area contributed by atoms with Crippen molar-refractivity contribution < 1.29 is 19.4 Å². The summed E-state index contributed by atoms with van der Waals surface area (Å²) in [5.74, 6) is 0.954. The highest BCUT2D eigenvalue weighted by Gasteiger charge is 2.50. The van der Waals surface area contributed by atoms with E-state index in [1.807, 2.05) is 6.08 Å². The number of aliphatic carboxylic acids is 1. The molecule has 0 aliphatic heterocycles. The summed E-state index contributed by atoms with van der Waals surface area (Å²) in [6, 6.07) is -0.793. The Hall–Kier alpha value is -1.52. The van der Waals surface area contributed by atoms with Crippen molar-refractivity contribution in [2.45, 2.75) is 57.1 Å². The number of hydrogen-bond acceptors (Lipinski definition) is 3. The van der Waals surface area contributed by atoms with Crippen molar-refractivity contribution >= 4 is 12.1 Å². The largest absolute Gasteiger partial charge is 0.480 e. The summed E-state index contributed by atoms with van der Waals surface area (Å²) in [6.07, 6.45) is 8.38. The average molecular weight is 307 g/mol. The molecule has 22 heavy (non-hydrogen) atoms. The van der Waals surface area contributed by atoms with Crippen molar-refractivity contribution in [2.75, 3.05) is 0 Å². The zero-order chi connectivity index (χ0) is 15.7. The lowest BCUT2D eigenvalue weighted by Crippen LogP contribution is -2.46. The molecule has 2 unspecified atom stereocenters. The van der Waals surface area contributed by atoms with Crippen LogP contribution in [0, 0.1) is 23.7 Å². The number of carboxylic acid groups (broad SMARTS) is 1. The molecular formula is C17H25NO4. The molecule has 5 heteroatoms. The maximum absolute atomic E-state index is 11.9. The van der Waals surface area contributed by atoms with Gasteiger partial charge in [0.25, 0.3) is 0 Å². The van der Waals surface area contributed by atoms with Crippen LogP contribution in [0.3, 0.4) is 0 Å². The molecule has 2 N–H and O–H groups in total. The number of rotatable bonds is 8. The Labute approximate surface area is 131 Å². The smallest absolute Gasteiger partial charge is 0.408 e. The second-order valence-corrected chi connectivity index (χ2v) is 7.11. The number of nitrogens with one attached hydrogen (secondary N) is 1. The monoisotopic (exact) mass is 307 g/mol. The Balaban J connectivity index is 1.40. The van der Waals surface area contributed by atoms with Crippen molar-refractivity contribution in [3.63, 3.8) is 0 Å². The summed E-state index contributed by atoms with van der Waals surface area (Å²) in [5, 5.41) is 11.9. The van der Waals surface area contributed by atoms with Crippen LogP contribution in [0.15, 0.2) is 12.7 Å². The zero-order valence-electron chi connectivity index (χ0n) is 12.9. The minimum Gasteiger partial charge on any atom is -0.480 e. The molecule has 0 saturated heterocycles. The van der Waals surface area contributed by atoms with Crippen LogP contribution in [0.1, 0.15) is 44.9 Å². The van der Waals surface area contributed by atoms with Crippen LogP contribution in [-0.4, -0.2) is 29.3 Å². The molecule has 0 heterocycles. The summed E-state index contributed by atoms with van der Waals surface area (Å²) in [7, 11) is 0. The van der Waals surface area contributed by atoms with Crippen LogP contribution >= 0.6 is 0 Å². The Kier molecular flexibility index (Phi) is 4.41. The third kappa shape index (κ3) is 3.62. The lowest BCUT2D eigenvalue weighted by Gasteiger charge is -2.21. The van der Waals surface area contributed by atoms with Gasteiger partial charge in [0.05, 0.1) is 0 Å². The van der Waals surface area contributed by atoms with Crippen molar-refractivity contribution in [1.29, 1.82) is 0 Å². The number of fused-ring (bicyclic) bond motifs is 1. The molecule has 0 aromatic heterocycles. The van der Waals surface area contributed by atoms with E-state index in [2.05, 4.69) is 11.9 Å². The molecule has 0 spiro atoms. The summed E-state index contributed by atoms with van der Waals surface area (Å²) in [6.45, 7) is 3.69. The Morgan fingerprint density at radius 1 is 1.27 bits per heavy atom. The van der Waals surface area contributed by atoms with Gasteiger partial charge >= 0.3 is 12.1 Å². The molecule has 3 rings (SSSR count). The van der Waals surface area contributed by atoms with E-state index in [1.165, 1.54) is 6.42 Å². The van der Waals surface area contributed by atoms with Crippen LogP contribution in [0.5, 0.6) is 0 Å².